The van der Waals surface area contributed by atoms with Crippen LogP contribution >= 0.6 is 0 Å². The van der Waals surface area contributed by atoms with Gasteiger partial charge in [0.25, 0.3) is 5.91 Å². The number of hydrogen-bond donors (Lipinski definition) is 2. The van der Waals surface area contributed by atoms with Gasteiger partial charge in [-0.15, -0.1) is 0 Å². The molecule has 2 N–H and O–H groups in total. The van der Waals surface area contributed by atoms with Gasteiger partial charge in [-0.05, 0) is 32.6 Å². The van der Waals surface area contributed by atoms with E-state index in [1.165, 1.54) is 38.5 Å². The van der Waals surface area contributed by atoms with Crippen LogP contribution < -0.4 is 10.6 Å². The quantitative estimate of drug-likeness (QED) is 0.836. The number of amides is 1. The highest BCUT2D eigenvalue weighted by Crippen LogP contribution is 2.22. The summed E-state index contributed by atoms with van der Waals surface area (Å²) < 4.78 is 0. The number of anilines is 1. The third-order valence-corrected chi connectivity index (χ3v) is 4.19. The van der Waals surface area contributed by atoms with E-state index in [2.05, 4.69) is 20.6 Å². The first-order valence-corrected chi connectivity index (χ1v) is 8.14. The Labute approximate surface area is 125 Å². The zero-order chi connectivity index (χ0) is 14.7. The molecule has 0 aromatic carbocycles. The second-order valence-electron chi connectivity index (χ2n) is 6.27. The van der Waals surface area contributed by atoms with E-state index >= 15 is 0 Å². The first-order chi connectivity index (χ1) is 10.2. The second-order valence-corrected chi connectivity index (χ2v) is 6.27. The smallest absolute Gasteiger partial charge is 0.270 e. The maximum atomic E-state index is 12.1. The fourth-order valence-corrected chi connectivity index (χ4v) is 2.88. The van der Waals surface area contributed by atoms with Crippen LogP contribution in [0.4, 0.5) is 5.82 Å². The van der Waals surface area contributed by atoms with Crippen LogP contribution in [0.1, 0.15) is 67.7 Å². The first-order valence-electron chi connectivity index (χ1n) is 8.14. The minimum atomic E-state index is -0.0769. The molecule has 1 amide bonds. The Balaban J connectivity index is 1.68. The molecule has 2 aliphatic carbocycles. The fourth-order valence-electron chi connectivity index (χ4n) is 2.88. The molecule has 5 heteroatoms. The molecule has 2 saturated carbocycles. The number of hydrogen-bond acceptors (Lipinski definition) is 4. The molecule has 1 aromatic heterocycles. The van der Waals surface area contributed by atoms with Gasteiger partial charge in [0.2, 0.25) is 0 Å². The molecule has 0 spiro atoms. The molecular formula is C16H24N4O. The minimum Gasteiger partial charge on any atom is -0.367 e. The lowest BCUT2D eigenvalue weighted by atomic mass is 10.1. The van der Waals surface area contributed by atoms with Crippen molar-refractivity contribution < 1.29 is 4.79 Å². The summed E-state index contributed by atoms with van der Waals surface area (Å²) in [6, 6.07) is 2.61. The monoisotopic (exact) mass is 288 g/mol. The summed E-state index contributed by atoms with van der Waals surface area (Å²) in [7, 11) is 0. The molecule has 1 aromatic rings. The van der Waals surface area contributed by atoms with Crippen molar-refractivity contribution in [2.75, 3.05) is 5.32 Å². The van der Waals surface area contributed by atoms with Gasteiger partial charge in [-0.25, -0.2) is 9.97 Å². The van der Waals surface area contributed by atoms with Crippen LogP contribution in [-0.2, 0) is 0 Å². The van der Waals surface area contributed by atoms with Crippen LogP contribution in [-0.4, -0.2) is 28.0 Å². The summed E-state index contributed by atoms with van der Waals surface area (Å²) in [5.74, 6) is 1.36. The Hall–Kier alpha value is -1.65. The molecule has 0 radical (unpaired) electrons. The Morgan fingerprint density at radius 3 is 2.43 bits per heavy atom. The van der Waals surface area contributed by atoms with Gasteiger partial charge in [-0.2, -0.15) is 0 Å². The maximum Gasteiger partial charge on any atom is 0.270 e. The summed E-state index contributed by atoms with van der Waals surface area (Å²) in [6.45, 7) is 1.84. The van der Waals surface area contributed by atoms with Gasteiger partial charge in [-0.3, -0.25) is 4.79 Å². The highest BCUT2D eigenvalue weighted by molar-refractivity contribution is 5.93. The minimum absolute atomic E-state index is 0.0769. The number of rotatable bonds is 4. The third-order valence-electron chi connectivity index (χ3n) is 4.19. The van der Waals surface area contributed by atoms with E-state index in [1.807, 2.05) is 6.92 Å². The lowest BCUT2D eigenvalue weighted by molar-refractivity contribution is 0.0945. The number of nitrogens with one attached hydrogen (secondary N) is 2. The molecule has 21 heavy (non-hydrogen) atoms. The van der Waals surface area contributed by atoms with E-state index in [0.717, 1.165) is 18.7 Å². The van der Waals surface area contributed by atoms with Crippen molar-refractivity contribution in [2.45, 2.75) is 70.4 Å². The van der Waals surface area contributed by atoms with Crippen LogP contribution in [0.25, 0.3) is 0 Å². The lowest BCUT2D eigenvalue weighted by Gasteiger charge is -2.17. The standard InChI is InChI=1S/C16H24N4O/c1-11-17-14(16(21)20-13-8-9-13)10-15(18-11)19-12-6-4-2-3-5-7-12/h10,12-13H,2-9H2,1H3,(H,20,21)(H,17,18,19). The number of nitrogens with zero attached hydrogens (tertiary/aromatic N) is 2. The van der Waals surface area contributed by atoms with Crippen molar-refractivity contribution in [3.63, 3.8) is 0 Å². The van der Waals surface area contributed by atoms with Crippen molar-refractivity contribution in [3.8, 4) is 0 Å². The van der Waals surface area contributed by atoms with Crippen LogP contribution in [0.5, 0.6) is 0 Å². The predicted molar refractivity (Wildman–Crippen MR) is 82.4 cm³/mol. The van der Waals surface area contributed by atoms with Crippen molar-refractivity contribution in [2.24, 2.45) is 0 Å². The van der Waals surface area contributed by atoms with Gasteiger partial charge in [0, 0.05) is 18.2 Å². The molecule has 0 saturated heterocycles. The maximum absolute atomic E-state index is 12.1. The zero-order valence-electron chi connectivity index (χ0n) is 12.7. The molecule has 114 valence electrons. The van der Waals surface area contributed by atoms with Crippen molar-refractivity contribution in [1.82, 2.24) is 15.3 Å². The summed E-state index contributed by atoms with van der Waals surface area (Å²) >= 11 is 0. The normalized spacial score (nSPS) is 19.9. The predicted octanol–water partition coefficient (Wildman–Crippen LogP) is 2.81. The van der Waals surface area contributed by atoms with Crippen LogP contribution in [0, 0.1) is 6.92 Å². The Morgan fingerprint density at radius 1 is 1.05 bits per heavy atom. The van der Waals surface area contributed by atoms with Crippen LogP contribution in [0.3, 0.4) is 0 Å². The Morgan fingerprint density at radius 2 is 1.76 bits per heavy atom. The van der Waals surface area contributed by atoms with Crippen LogP contribution in [0.2, 0.25) is 0 Å². The van der Waals surface area contributed by atoms with Crippen LogP contribution in [0.15, 0.2) is 6.07 Å². The number of aromatic nitrogens is 2. The molecule has 0 atom stereocenters. The Kier molecular flexibility index (Phi) is 4.36. The van der Waals surface area contributed by atoms with Crippen molar-refractivity contribution in [3.05, 3.63) is 17.6 Å². The molecule has 0 unspecified atom stereocenters. The van der Waals surface area contributed by atoms with E-state index in [0.29, 0.717) is 23.6 Å². The summed E-state index contributed by atoms with van der Waals surface area (Å²) in [5, 5.41) is 6.48. The largest absolute Gasteiger partial charge is 0.367 e. The van der Waals surface area contributed by atoms with Crippen molar-refractivity contribution >= 4 is 11.7 Å². The molecule has 0 bridgehead atoms. The topological polar surface area (TPSA) is 66.9 Å². The molecule has 1 heterocycles. The molecule has 3 rings (SSSR count). The van der Waals surface area contributed by atoms with Gasteiger partial charge < -0.3 is 10.6 Å². The van der Waals surface area contributed by atoms with E-state index in [1.54, 1.807) is 6.07 Å². The fraction of sp³-hybridized carbons (Fsp3) is 0.688. The first kappa shape index (κ1) is 14.3. The van der Waals surface area contributed by atoms with E-state index in [-0.39, 0.29) is 5.91 Å². The molecule has 5 nitrogen and oxygen atoms in total. The molecule has 2 aliphatic rings. The van der Waals surface area contributed by atoms with Crippen molar-refractivity contribution in [1.29, 1.82) is 0 Å². The molecular weight excluding hydrogens is 264 g/mol. The van der Waals surface area contributed by atoms with E-state index in [9.17, 15) is 4.79 Å². The van der Waals surface area contributed by atoms with Gasteiger partial charge >= 0.3 is 0 Å². The van der Waals surface area contributed by atoms with Gasteiger partial charge in [-0.1, -0.05) is 25.7 Å². The average molecular weight is 288 g/mol. The highest BCUT2D eigenvalue weighted by atomic mass is 16.2. The third kappa shape index (κ3) is 4.16. The highest BCUT2D eigenvalue weighted by Gasteiger charge is 2.25. The zero-order valence-corrected chi connectivity index (χ0v) is 12.7. The van der Waals surface area contributed by atoms with Gasteiger partial charge in [0.05, 0.1) is 0 Å². The lowest BCUT2D eigenvalue weighted by Crippen LogP contribution is -2.27. The Bertz CT molecular complexity index is 505. The number of carbonyl (C=O) groups is 1. The number of carbonyl (C=O) groups excluding carboxylic acids is 1. The molecule has 0 aliphatic heterocycles. The summed E-state index contributed by atoms with van der Waals surface area (Å²) in [6.07, 6.45) is 9.75. The second kappa shape index (κ2) is 6.41. The summed E-state index contributed by atoms with van der Waals surface area (Å²) in [5.41, 5.74) is 0.477. The van der Waals surface area contributed by atoms with Gasteiger partial charge in [0.1, 0.15) is 17.3 Å². The van der Waals surface area contributed by atoms with Gasteiger partial charge in [0.15, 0.2) is 0 Å². The van der Waals surface area contributed by atoms with E-state index < -0.39 is 0 Å². The van der Waals surface area contributed by atoms with E-state index in [4.69, 9.17) is 0 Å². The SMILES string of the molecule is Cc1nc(NC2CCCCCC2)cc(C(=O)NC2CC2)n1. The number of aryl methyl sites for hydroxylation is 1. The molecule has 2 fully saturated rings. The summed E-state index contributed by atoms with van der Waals surface area (Å²) in [4.78, 5) is 20.8. The average Bonchev–Trinajstić information content (AvgIpc) is 3.26.